The fourth-order valence-electron chi connectivity index (χ4n) is 1.18. The van der Waals surface area contributed by atoms with Crippen LogP contribution in [0.4, 0.5) is 0 Å². The van der Waals surface area contributed by atoms with E-state index in [4.69, 9.17) is 11.6 Å². The minimum absolute atomic E-state index is 0.0743. The van der Waals surface area contributed by atoms with E-state index in [0.717, 1.165) is 17.2 Å². The maximum absolute atomic E-state index is 6.13. The van der Waals surface area contributed by atoms with Crippen molar-refractivity contribution in [2.24, 2.45) is 0 Å². The van der Waals surface area contributed by atoms with Gasteiger partial charge in [0, 0.05) is 28.3 Å². The highest BCUT2D eigenvalue weighted by atomic mass is 35.5. The van der Waals surface area contributed by atoms with Gasteiger partial charge in [-0.25, -0.2) is 4.98 Å². The van der Waals surface area contributed by atoms with Crippen LogP contribution in [0.2, 0.25) is 0 Å². The molecular weight excluding hydrogens is 252 g/mol. The lowest BCUT2D eigenvalue weighted by Gasteiger charge is -2.28. The van der Waals surface area contributed by atoms with Gasteiger partial charge in [0.05, 0.1) is 5.69 Å². The molecule has 1 heterocycles. The zero-order valence-corrected chi connectivity index (χ0v) is 13.2. The third-order valence-corrected chi connectivity index (χ3v) is 4.40. The first-order chi connectivity index (χ1) is 7.63. The maximum atomic E-state index is 6.13. The summed E-state index contributed by atoms with van der Waals surface area (Å²) >= 11 is 7.85. The van der Waals surface area contributed by atoms with Crippen molar-refractivity contribution in [2.45, 2.75) is 64.4 Å². The van der Waals surface area contributed by atoms with E-state index in [-0.39, 0.29) is 16.3 Å². The van der Waals surface area contributed by atoms with Gasteiger partial charge in [0.2, 0.25) is 0 Å². The van der Waals surface area contributed by atoms with Crippen LogP contribution in [0.5, 0.6) is 0 Å². The first-order valence-corrected chi connectivity index (χ1v) is 7.28. The number of rotatable bonds is 4. The highest BCUT2D eigenvalue weighted by Gasteiger charge is 2.24. The molecule has 0 radical (unpaired) electrons. The predicted octanol–water partition coefficient (Wildman–Crippen LogP) is 3.94. The summed E-state index contributed by atoms with van der Waals surface area (Å²) in [6, 6.07) is 0. The van der Waals surface area contributed by atoms with Crippen LogP contribution in [0.3, 0.4) is 0 Å². The Labute approximate surface area is 114 Å². The number of halogens is 1. The first kappa shape index (κ1) is 14.9. The topological polar surface area (TPSA) is 24.9 Å². The van der Waals surface area contributed by atoms with Crippen LogP contribution < -0.4 is 5.32 Å². The minimum Gasteiger partial charge on any atom is -0.304 e. The molecule has 0 spiro atoms. The number of aromatic nitrogens is 1. The van der Waals surface area contributed by atoms with Crippen LogP contribution in [0.25, 0.3) is 0 Å². The van der Waals surface area contributed by atoms with Crippen molar-refractivity contribution in [3.8, 4) is 0 Å². The lowest BCUT2D eigenvalue weighted by Crippen LogP contribution is -2.45. The molecule has 0 aliphatic carbocycles. The van der Waals surface area contributed by atoms with Gasteiger partial charge < -0.3 is 5.32 Å². The van der Waals surface area contributed by atoms with Crippen LogP contribution in [0.15, 0.2) is 5.38 Å². The van der Waals surface area contributed by atoms with Gasteiger partial charge in [0.1, 0.15) is 5.01 Å². The molecule has 0 bridgehead atoms. The van der Waals surface area contributed by atoms with Gasteiger partial charge in [0.15, 0.2) is 0 Å². The summed E-state index contributed by atoms with van der Waals surface area (Å²) < 4.78 is 0. The average Bonchev–Trinajstić information content (AvgIpc) is 2.62. The molecule has 0 aliphatic heterocycles. The van der Waals surface area contributed by atoms with Gasteiger partial charge in [-0.1, -0.05) is 20.8 Å². The lowest BCUT2D eigenvalue weighted by molar-refractivity contribution is 0.379. The molecule has 1 aromatic heterocycles. The molecule has 2 nitrogen and oxygen atoms in total. The minimum atomic E-state index is -0.0743. The van der Waals surface area contributed by atoms with Gasteiger partial charge in [-0.15, -0.1) is 22.9 Å². The Kier molecular flexibility index (Phi) is 4.61. The lowest BCUT2D eigenvalue weighted by atomic mass is 9.93. The molecule has 0 amide bonds. The molecule has 1 unspecified atom stereocenters. The van der Waals surface area contributed by atoms with Crippen molar-refractivity contribution in [3.63, 3.8) is 0 Å². The Hall–Kier alpha value is -0.120. The van der Waals surface area contributed by atoms with Crippen LogP contribution in [0, 0.1) is 0 Å². The van der Waals surface area contributed by atoms with E-state index in [1.165, 1.54) is 0 Å². The molecule has 98 valence electrons. The Balaban J connectivity index is 2.63. The van der Waals surface area contributed by atoms with Gasteiger partial charge in [-0.2, -0.15) is 0 Å². The molecule has 1 rings (SSSR count). The number of hydrogen-bond acceptors (Lipinski definition) is 3. The van der Waals surface area contributed by atoms with Crippen molar-refractivity contribution in [2.75, 3.05) is 0 Å². The molecular formula is C13H23ClN2S. The summed E-state index contributed by atoms with van der Waals surface area (Å²) in [6.07, 6.45) is 0. The van der Waals surface area contributed by atoms with Crippen LogP contribution in [0.1, 0.15) is 52.2 Å². The van der Waals surface area contributed by atoms with Crippen LogP contribution in [-0.4, -0.2) is 15.9 Å². The van der Waals surface area contributed by atoms with Crippen molar-refractivity contribution in [1.82, 2.24) is 10.3 Å². The van der Waals surface area contributed by atoms with Crippen LogP contribution >= 0.6 is 22.9 Å². The van der Waals surface area contributed by atoms with E-state index in [1.807, 2.05) is 6.92 Å². The van der Waals surface area contributed by atoms with Crippen LogP contribution in [-0.2, 0) is 12.0 Å². The molecule has 0 saturated heterocycles. The van der Waals surface area contributed by atoms with Gasteiger partial charge in [0.25, 0.3) is 0 Å². The zero-order valence-electron chi connectivity index (χ0n) is 11.6. The smallest absolute Gasteiger partial charge is 0.107 e. The van der Waals surface area contributed by atoms with Crippen molar-refractivity contribution >= 4 is 22.9 Å². The Morgan fingerprint density at radius 2 is 1.94 bits per heavy atom. The summed E-state index contributed by atoms with van der Waals surface area (Å²) in [6.45, 7) is 13.6. The molecule has 0 aliphatic rings. The number of alkyl halides is 1. The van der Waals surface area contributed by atoms with Crippen molar-refractivity contribution in [3.05, 3.63) is 16.1 Å². The summed E-state index contributed by atoms with van der Waals surface area (Å²) in [5.74, 6) is 0. The quantitative estimate of drug-likeness (QED) is 0.842. The predicted molar refractivity (Wildman–Crippen MR) is 77.0 cm³/mol. The number of thiazole rings is 1. The third kappa shape index (κ3) is 4.23. The molecule has 0 fully saturated rings. The third-order valence-electron chi connectivity index (χ3n) is 3.01. The fourth-order valence-corrected chi connectivity index (χ4v) is 2.22. The summed E-state index contributed by atoms with van der Waals surface area (Å²) in [4.78, 5) is 4.66. The van der Waals surface area contributed by atoms with E-state index in [9.17, 15) is 0 Å². The molecule has 1 atom stereocenters. The first-order valence-electron chi connectivity index (χ1n) is 5.97. The SMILES string of the molecule is CC(Cl)C(C)(C)NCc1nc(C(C)(C)C)cs1. The molecule has 0 saturated carbocycles. The van der Waals surface area contributed by atoms with E-state index in [2.05, 4.69) is 50.3 Å². The van der Waals surface area contributed by atoms with Crippen molar-refractivity contribution < 1.29 is 0 Å². The molecule has 1 aromatic rings. The standard InChI is InChI=1S/C13H23ClN2S/c1-9(14)13(5,6)15-7-11-16-10(8-17-11)12(2,3)4/h8-9,15H,7H2,1-6H3. The Morgan fingerprint density at radius 3 is 2.35 bits per heavy atom. The van der Waals surface area contributed by atoms with Gasteiger partial charge in [-0.3, -0.25) is 0 Å². The van der Waals surface area contributed by atoms with E-state index < -0.39 is 0 Å². The molecule has 0 aromatic carbocycles. The van der Waals surface area contributed by atoms with Gasteiger partial charge >= 0.3 is 0 Å². The zero-order chi connectivity index (χ0) is 13.3. The highest BCUT2D eigenvalue weighted by molar-refractivity contribution is 7.09. The monoisotopic (exact) mass is 274 g/mol. The second kappa shape index (κ2) is 5.25. The summed E-state index contributed by atoms with van der Waals surface area (Å²) in [5.41, 5.74) is 1.22. The Morgan fingerprint density at radius 1 is 1.35 bits per heavy atom. The second-order valence-electron chi connectivity index (χ2n) is 6.07. The molecule has 4 heteroatoms. The number of hydrogen-bond donors (Lipinski definition) is 1. The normalized spacial score (nSPS) is 15.0. The summed E-state index contributed by atoms with van der Waals surface area (Å²) in [5, 5.41) is 6.82. The van der Waals surface area contributed by atoms with Crippen molar-refractivity contribution in [1.29, 1.82) is 0 Å². The fraction of sp³-hybridized carbons (Fsp3) is 0.769. The second-order valence-corrected chi connectivity index (χ2v) is 7.67. The van der Waals surface area contributed by atoms with E-state index >= 15 is 0 Å². The molecule has 17 heavy (non-hydrogen) atoms. The average molecular weight is 275 g/mol. The Bertz CT molecular complexity index is 364. The summed E-state index contributed by atoms with van der Waals surface area (Å²) in [7, 11) is 0. The van der Waals surface area contributed by atoms with Gasteiger partial charge in [-0.05, 0) is 20.8 Å². The molecule has 1 N–H and O–H groups in total. The number of nitrogens with one attached hydrogen (secondary N) is 1. The van der Waals surface area contributed by atoms with E-state index in [0.29, 0.717) is 0 Å². The maximum Gasteiger partial charge on any atom is 0.107 e. The highest BCUT2D eigenvalue weighted by Crippen LogP contribution is 2.24. The largest absolute Gasteiger partial charge is 0.304 e. The number of nitrogens with zero attached hydrogens (tertiary/aromatic N) is 1. The van der Waals surface area contributed by atoms with E-state index in [1.54, 1.807) is 11.3 Å².